The van der Waals surface area contributed by atoms with Crippen molar-refractivity contribution in [1.82, 2.24) is 0 Å². The van der Waals surface area contributed by atoms with Crippen LogP contribution in [0.1, 0.15) is 13.8 Å². The van der Waals surface area contributed by atoms with Gasteiger partial charge in [-0.3, -0.25) is 4.79 Å². The molecule has 4 heteroatoms. The van der Waals surface area contributed by atoms with Crippen LogP contribution in [0.25, 0.3) is 0 Å². The number of carboxylic acid groups (broad SMARTS) is 1. The molecule has 0 aromatic heterocycles. The fourth-order valence-corrected chi connectivity index (χ4v) is 1.48. The Balaban J connectivity index is 2.76. The maximum atomic E-state index is 11.0. The molecule has 0 aliphatic carbocycles. The molecule has 0 aliphatic heterocycles. The largest absolute Gasteiger partial charge is 0.481 e. The number of nitrogen functional groups attached to an aromatic ring is 1. The van der Waals surface area contributed by atoms with Crippen LogP contribution in [0.15, 0.2) is 24.3 Å². The molecule has 1 aromatic rings. The highest BCUT2D eigenvalue weighted by Gasteiger charge is 2.28. The van der Waals surface area contributed by atoms with Crippen LogP contribution in [0.5, 0.6) is 0 Å². The molecule has 0 saturated carbocycles. The molecule has 88 valence electrons. The maximum Gasteiger partial charge on any atom is 0.310 e. The van der Waals surface area contributed by atoms with Crippen molar-refractivity contribution in [3.63, 3.8) is 0 Å². The molecule has 4 nitrogen and oxygen atoms in total. The number of anilines is 2. The van der Waals surface area contributed by atoms with Gasteiger partial charge in [0.15, 0.2) is 0 Å². The zero-order chi connectivity index (χ0) is 12.3. The van der Waals surface area contributed by atoms with E-state index in [0.717, 1.165) is 5.69 Å². The molecule has 16 heavy (non-hydrogen) atoms. The summed E-state index contributed by atoms with van der Waals surface area (Å²) in [5, 5.41) is 9.03. The van der Waals surface area contributed by atoms with Crippen molar-refractivity contribution in [2.24, 2.45) is 5.41 Å². The number of benzene rings is 1. The Morgan fingerprint density at radius 1 is 1.38 bits per heavy atom. The molecule has 0 unspecified atom stereocenters. The molecule has 0 fully saturated rings. The highest BCUT2D eigenvalue weighted by molar-refractivity contribution is 5.74. The Bertz CT molecular complexity index is 371. The number of nitrogens with zero attached hydrogens (tertiary/aromatic N) is 1. The Hall–Kier alpha value is -1.71. The standard InChI is InChI=1S/C12H18N2O2/c1-12(2,11(15)16)8-14(3)10-6-4-9(13)5-7-10/h4-7H,8,13H2,1-3H3,(H,15,16). The molecule has 0 heterocycles. The minimum atomic E-state index is -0.796. The number of hydrogen-bond donors (Lipinski definition) is 2. The fraction of sp³-hybridized carbons (Fsp3) is 0.417. The van der Waals surface area contributed by atoms with E-state index in [4.69, 9.17) is 10.8 Å². The summed E-state index contributed by atoms with van der Waals surface area (Å²) in [6.07, 6.45) is 0. The summed E-state index contributed by atoms with van der Waals surface area (Å²) in [5.41, 5.74) is 6.49. The van der Waals surface area contributed by atoms with Gasteiger partial charge in [0.05, 0.1) is 5.41 Å². The summed E-state index contributed by atoms with van der Waals surface area (Å²) in [7, 11) is 1.87. The van der Waals surface area contributed by atoms with E-state index in [9.17, 15) is 4.79 Å². The predicted octanol–water partition coefficient (Wildman–Crippen LogP) is 1.82. The van der Waals surface area contributed by atoms with Crippen molar-refractivity contribution < 1.29 is 9.90 Å². The fourth-order valence-electron chi connectivity index (χ4n) is 1.48. The predicted molar refractivity (Wildman–Crippen MR) is 65.5 cm³/mol. The van der Waals surface area contributed by atoms with Gasteiger partial charge in [-0.1, -0.05) is 0 Å². The SMILES string of the molecule is CN(CC(C)(C)C(=O)O)c1ccc(N)cc1. The molecule has 0 amide bonds. The van der Waals surface area contributed by atoms with E-state index in [1.807, 2.05) is 24.1 Å². The minimum absolute atomic E-state index is 0.451. The zero-order valence-corrected chi connectivity index (χ0v) is 9.90. The van der Waals surface area contributed by atoms with Crippen LogP contribution in [0.4, 0.5) is 11.4 Å². The second-order valence-electron chi connectivity index (χ2n) is 4.64. The normalized spacial score (nSPS) is 11.2. The Kier molecular flexibility index (Phi) is 3.42. The molecular formula is C12H18N2O2. The van der Waals surface area contributed by atoms with E-state index in [1.165, 1.54) is 0 Å². The van der Waals surface area contributed by atoms with Crippen LogP contribution in [-0.4, -0.2) is 24.7 Å². The van der Waals surface area contributed by atoms with Gasteiger partial charge >= 0.3 is 5.97 Å². The third-order valence-corrected chi connectivity index (χ3v) is 2.55. The van der Waals surface area contributed by atoms with Gasteiger partial charge in [0.25, 0.3) is 0 Å². The monoisotopic (exact) mass is 222 g/mol. The summed E-state index contributed by atoms with van der Waals surface area (Å²) in [6, 6.07) is 7.37. The number of rotatable bonds is 4. The lowest BCUT2D eigenvalue weighted by atomic mass is 9.93. The lowest BCUT2D eigenvalue weighted by Gasteiger charge is -2.28. The van der Waals surface area contributed by atoms with E-state index in [-0.39, 0.29) is 0 Å². The van der Waals surface area contributed by atoms with Gasteiger partial charge in [0, 0.05) is 25.0 Å². The molecule has 1 aromatic carbocycles. The highest BCUT2D eigenvalue weighted by Crippen LogP contribution is 2.21. The molecule has 0 radical (unpaired) electrons. The van der Waals surface area contributed by atoms with Gasteiger partial charge in [-0.25, -0.2) is 0 Å². The number of carboxylic acids is 1. The van der Waals surface area contributed by atoms with E-state index < -0.39 is 11.4 Å². The first-order valence-corrected chi connectivity index (χ1v) is 5.13. The Morgan fingerprint density at radius 2 is 1.88 bits per heavy atom. The molecule has 0 bridgehead atoms. The van der Waals surface area contributed by atoms with Gasteiger partial charge in [0.1, 0.15) is 0 Å². The first-order valence-electron chi connectivity index (χ1n) is 5.13. The summed E-state index contributed by atoms with van der Waals surface area (Å²) in [4.78, 5) is 12.9. The molecule has 0 atom stereocenters. The van der Waals surface area contributed by atoms with Gasteiger partial charge in [-0.05, 0) is 38.1 Å². The zero-order valence-electron chi connectivity index (χ0n) is 9.90. The van der Waals surface area contributed by atoms with E-state index >= 15 is 0 Å². The van der Waals surface area contributed by atoms with Crippen molar-refractivity contribution in [1.29, 1.82) is 0 Å². The maximum absolute atomic E-state index is 11.0. The molecule has 0 aliphatic rings. The molecule has 3 N–H and O–H groups in total. The van der Waals surface area contributed by atoms with Crippen LogP contribution in [-0.2, 0) is 4.79 Å². The van der Waals surface area contributed by atoms with Crippen molar-refractivity contribution in [3.05, 3.63) is 24.3 Å². The number of aliphatic carboxylic acids is 1. The first-order chi connectivity index (χ1) is 7.33. The van der Waals surface area contributed by atoms with Crippen LogP contribution in [0.3, 0.4) is 0 Å². The summed E-state index contributed by atoms with van der Waals surface area (Å²) in [6.45, 7) is 3.87. The summed E-state index contributed by atoms with van der Waals surface area (Å²) >= 11 is 0. The van der Waals surface area contributed by atoms with Crippen molar-refractivity contribution in [2.45, 2.75) is 13.8 Å². The van der Waals surface area contributed by atoms with Crippen LogP contribution < -0.4 is 10.6 Å². The van der Waals surface area contributed by atoms with E-state index in [1.54, 1.807) is 26.0 Å². The van der Waals surface area contributed by atoms with Gasteiger partial charge in [-0.2, -0.15) is 0 Å². The van der Waals surface area contributed by atoms with Crippen LogP contribution in [0, 0.1) is 5.41 Å². The lowest BCUT2D eigenvalue weighted by molar-refractivity contribution is -0.146. The summed E-state index contributed by atoms with van der Waals surface area (Å²) in [5.74, 6) is -0.796. The highest BCUT2D eigenvalue weighted by atomic mass is 16.4. The number of carbonyl (C=O) groups is 1. The first kappa shape index (κ1) is 12.4. The molecule has 0 saturated heterocycles. The molecular weight excluding hydrogens is 204 g/mol. The third-order valence-electron chi connectivity index (χ3n) is 2.55. The second kappa shape index (κ2) is 4.43. The third kappa shape index (κ3) is 2.89. The van der Waals surface area contributed by atoms with Crippen molar-refractivity contribution in [3.8, 4) is 0 Å². The van der Waals surface area contributed by atoms with Gasteiger partial charge in [-0.15, -0.1) is 0 Å². The summed E-state index contributed by atoms with van der Waals surface area (Å²) < 4.78 is 0. The molecule has 1 rings (SSSR count). The van der Waals surface area contributed by atoms with Gasteiger partial charge < -0.3 is 15.7 Å². The smallest absolute Gasteiger partial charge is 0.310 e. The average Bonchev–Trinajstić information content (AvgIpc) is 2.17. The number of nitrogens with two attached hydrogens (primary N) is 1. The van der Waals surface area contributed by atoms with Crippen LogP contribution in [0.2, 0.25) is 0 Å². The van der Waals surface area contributed by atoms with Crippen LogP contribution >= 0.6 is 0 Å². The van der Waals surface area contributed by atoms with Gasteiger partial charge in [0.2, 0.25) is 0 Å². The Labute approximate surface area is 95.7 Å². The van der Waals surface area contributed by atoms with E-state index in [0.29, 0.717) is 12.2 Å². The minimum Gasteiger partial charge on any atom is -0.481 e. The second-order valence-corrected chi connectivity index (χ2v) is 4.64. The molecule has 0 spiro atoms. The number of hydrogen-bond acceptors (Lipinski definition) is 3. The topological polar surface area (TPSA) is 66.6 Å². The van der Waals surface area contributed by atoms with E-state index in [2.05, 4.69) is 0 Å². The van der Waals surface area contributed by atoms with Crippen molar-refractivity contribution in [2.75, 3.05) is 24.2 Å². The van der Waals surface area contributed by atoms with Crippen molar-refractivity contribution >= 4 is 17.3 Å². The quantitative estimate of drug-likeness (QED) is 0.762. The average molecular weight is 222 g/mol. The lowest BCUT2D eigenvalue weighted by Crippen LogP contribution is -2.37. The Morgan fingerprint density at radius 3 is 2.31 bits per heavy atom.